The van der Waals surface area contributed by atoms with Crippen LogP contribution in [0.25, 0.3) is 0 Å². The minimum atomic E-state index is -0.596. The predicted octanol–water partition coefficient (Wildman–Crippen LogP) is 7.46. The van der Waals surface area contributed by atoms with Gasteiger partial charge in [0.2, 0.25) is 11.8 Å². The smallest absolute Gasteiger partial charge is 0.238 e. The van der Waals surface area contributed by atoms with E-state index in [1.54, 1.807) is 17.0 Å². The third kappa shape index (κ3) is 8.10. The number of unbranched alkanes of at least 4 members (excludes halogenated alkanes) is 3. The number of para-hydroxylation sites is 1. The Labute approximate surface area is 233 Å². The lowest BCUT2D eigenvalue weighted by Gasteiger charge is -2.32. The SMILES string of the molecule is CCCCCCOc1ccc(NC(=O)[C@H]2CC(=O)N(Cc3ccc(Cl)cc3)C(=Nc3ccccc3)S2)cc1. The van der Waals surface area contributed by atoms with Crippen LogP contribution in [0.5, 0.6) is 5.75 Å². The van der Waals surface area contributed by atoms with Crippen LogP contribution in [0.15, 0.2) is 83.9 Å². The molecule has 8 heteroatoms. The molecule has 0 spiro atoms. The van der Waals surface area contributed by atoms with Gasteiger partial charge in [-0.15, -0.1) is 0 Å². The van der Waals surface area contributed by atoms with Gasteiger partial charge < -0.3 is 10.1 Å². The molecule has 1 atom stereocenters. The first-order valence-electron chi connectivity index (χ1n) is 12.9. The molecule has 6 nitrogen and oxygen atoms in total. The second kappa shape index (κ2) is 14.0. The van der Waals surface area contributed by atoms with Crippen LogP contribution in [0.2, 0.25) is 5.02 Å². The highest BCUT2D eigenvalue weighted by molar-refractivity contribution is 8.15. The van der Waals surface area contributed by atoms with Crippen molar-refractivity contribution < 1.29 is 14.3 Å². The lowest BCUT2D eigenvalue weighted by atomic mass is 10.2. The van der Waals surface area contributed by atoms with E-state index in [2.05, 4.69) is 12.2 Å². The zero-order valence-electron chi connectivity index (χ0n) is 21.4. The molecule has 3 aromatic carbocycles. The Balaban J connectivity index is 1.42. The van der Waals surface area contributed by atoms with Crippen LogP contribution in [-0.2, 0) is 16.1 Å². The average molecular weight is 550 g/mol. The molecular formula is C30H32ClN3O3S. The second-order valence-electron chi connectivity index (χ2n) is 9.07. The van der Waals surface area contributed by atoms with Crippen molar-refractivity contribution in [3.05, 3.63) is 89.4 Å². The molecule has 198 valence electrons. The van der Waals surface area contributed by atoms with Crippen molar-refractivity contribution in [2.45, 2.75) is 50.8 Å². The highest BCUT2D eigenvalue weighted by Gasteiger charge is 2.36. The summed E-state index contributed by atoms with van der Waals surface area (Å²) in [5, 5.41) is 3.48. The van der Waals surface area contributed by atoms with Gasteiger partial charge >= 0.3 is 0 Å². The normalized spacial score (nSPS) is 16.5. The van der Waals surface area contributed by atoms with Crippen molar-refractivity contribution in [2.24, 2.45) is 4.99 Å². The summed E-state index contributed by atoms with van der Waals surface area (Å²) in [7, 11) is 0. The van der Waals surface area contributed by atoms with Crippen LogP contribution in [0.3, 0.4) is 0 Å². The fourth-order valence-corrected chi connectivity index (χ4v) is 5.18. The Morgan fingerprint density at radius 2 is 1.76 bits per heavy atom. The standard InChI is InChI=1S/C30H32ClN3O3S/c1-2-3-4-8-19-37-26-17-15-25(16-18-26)32-29(36)27-20-28(35)34(21-22-11-13-23(31)14-12-22)30(38-27)33-24-9-6-5-7-10-24/h5-7,9-18,27H,2-4,8,19-21H2,1H3,(H,32,36)/t27-/m1/s1. The maximum absolute atomic E-state index is 13.3. The Hall–Kier alpha value is -3.29. The molecule has 0 aliphatic carbocycles. The molecule has 4 rings (SSSR count). The molecule has 1 saturated heterocycles. The number of hydrogen-bond donors (Lipinski definition) is 1. The minimum absolute atomic E-state index is 0.0802. The number of thioether (sulfide) groups is 1. The van der Waals surface area contributed by atoms with Crippen molar-refractivity contribution in [1.29, 1.82) is 0 Å². The summed E-state index contributed by atoms with van der Waals surface area (Å²) in [5.74, 6) is 0.390. The van der Waals surface area contributed by atoms with E-state index < -0.39 is 5.25 Å². The van der Waals surface area contributed by atoms with Gasteiger partial charge in [0.15, 0.2) is 5.17 Å². The van der Waals surface area contributed by atoms with Gasteiger partial charge in [0.25, 0.3) is 0 Å². The quantitative estimate of drug-likeness (QED) is 0.252. The number of benzene rings is 3. The van der Waals surface area contributed by atoms with E-state index in [0.29, 0.717) is 29.0 Å². The van der Waals surface area contributed by atoms with Crippen LogP contribution < -0.4 is 10.1 Å². The van der Waals surface area contributed by atoms with E-state index in [4.69, 9.17) is 21.3 Å². The largest absolute Gasteiger partial charge is 0.494 e. The number of carbonyl (C=O) groups excluding carboxylic acids is 2. The number of halogens is 1. The van der Waals surface area contributed by atoms with Gasteiger partial charge in [0.1, 0.15) is 11.0 Å². The molecule has 0 bridgehead atoms. The monoisotopic (exact) mass is 549 g/mol. The molecule has 1 aliphatic heterocycles. The average Bonchev–Trinajstić information content (AvgIpc) is 2.93. The number of nitrogens with zero attached hydrogens (tertiary/aromatic N) is 2. The molecule has 38 heavy (non-hydrogen) atoms. The molecule has 1 heterocycles. The zero-order valence-corrected chi connectivity index (χ0v) is 23.0. The van der Waals surface area contributed by atoms with Crippen molar-refractivity contribution in [3.63, 3.8) is 0 Å². The third-order valence-corrected chi connectivity index (χ3v) is 7.50. The molecule has 1 aliphatic rings. The molecule has 0 unspecified atom stereocenters. The minimum Gasteiger partial charge on any atom is -0.494 e. The summed E-state index contributed by atoms with van der Waals surface area (Å²) in [6.45, 7) is 3.22. The summed E-state index contributed by atoms with van der Waals surface area (Å²) >= 11 is 7.33. The molecule has 1 N–H and O–H groups in total. The Morgan fingerprint density at radius 3 is 2.47 bits per heavy atom. The maximum atomic E-state index is 13.3. The first-order valence-corrected chi connectivity index (χ1v) is 14.2. The fourth-order valence-electron chi connectivity index (χ4n) is 3.96. The first-order chi connectivity index (χ1) is 18.5. The van der Waals surface area contributed by atoms with Gasteiger partial charge in [-0.3, -0.25) is 14.5 Å². The molecule has 0 aromatic heterocycles. The first kappa shape index (κ1) is 27.7. The van der Waals surface area contributed by atoms with E-state index in [0.717, 1.165) is 29.8 Å². The van der Waals surface area contributed by atoms with Crippen molar-refractivity contribution >= 4 is 51.7 Å². The second-order valence-corrected chi connectivity index (χ2v) is 10.7. The molecule has 2 amide bonds. The number of nitrogens with one attached hydrogen (secondary N) is 1. The van der Waals surface area contributed by atoms with Crippen LogP contribution in [0.1, 0.15) is 44.6 Å². The summed E-state index contributed by atoms with van der Waals surface area (Å²) in [6, 6.07) is 24.1. The van der Waals surface area contributed by atoms with Gasteiger partial charge in [-0.05, 0) is 60.5 Å². The number of hydrogen-bond acceptors (Lipinski definition) is 5. The van der Waals surface area contributed by atoms with Gasteiger partial charge in [-0.1, -0.05) is 79.9 Å². The van der Waals surface area contributed by atoms with Crippen LogP contribution in [0.4, 0.5) is 11.4 Å². The number of aliphatic imine (C=N–C) groups is 1. The number of rotatable bonds is 11. The van der Waals surface area contributed by atoms with Crippen LogP contribution in [-0.4, -0.2) is 33.7 Å². The van der Waals surface area contributed by atoms with Crippen molar-refractivity contribution in [3.8, 4) is 5.75 Å². The summed E-state index contributed by atoms with van der Waals surface area (Å²) in [5.41, 5.74) is 2.31. The number of amides is 2. The van der Waals surface area contributed by atoms with Crippen molar-refractivity contribution in [1.82, 2.24) is 4.90 Å². The summed E-state index contributed by atoms with van der Waals surface area (Å²) in [4.78, 5) is 32.8. The van der Waals surface area contributed by atoms with E-state index in [-0.39, 0.29) is 18.2 Å². The summed E-state index contributed by atoms with van der Waals surface area (Å²) < 4.78 is 5.79. The van der Waals surface area contributed by atoms with E-state index >= 15 is 0 Å². The fraction of sp³-hybridized carbons (Fsp3) is 0.300. The Morgan fingerprint density at radius 1 is 1.03 bits per heavy atom. The Bertz CT molecular complexity index is 1230. The third-order valence-electron chi connectivity index (χ3n) is 6.06. The maximum Gasteiger partial charge on any atom is 0.238 e. The topological polar surface area (TPSA) is 71.0 Å². The van der Waals surface area contributed by atoms with Gasteiger partial charge in [0.05, 0.1) is 18.8 Å². The van der Waals surface area contributed by atoms with Crippen LogP contribution in [0, 0.1) is 0 Å². The highest BCUT2D eigenvalue weighted by Crippen LogP contribution is 2.31. The van der Waals surface area contributed by atoms with Gasteiger partial charge in [-0.25, -0.2) is 4.99 Å². The van der Waals surface area contributed by atoms with Gasteiger partial charge in [-0.2, -0.15) is 0 Å². The number of anilines is 1. The van der Waals surface area contributed by atoms with Crippen LogP contribution >= 0.6 is 23.4 Å². The Kier molecular flexibility index (Phi) is 10.2. The highest BCUT2D eigenvalue weighted by atomic mass is 35.5. The van der Waals surface area contributed by atoms with E-state index in [1.807, 2.05) is 66.7 Å². The molecular weight excluding hydrogens is 518 g/mol. The van der Waals surface area contributed by atoms with Gasteiger partial charge in [0, 0.05) is 17.1 Å². The molecule has 3 aromatic rings. The van der Waals surface area contributed by atoms with E-state index in [9.17, 15) is 9.59 Å². The molecule has 0 radical (unpaired) electrons. The zero-order chi connectivity index (χ0) is 26.7. The molecule has 0 saturated carbocycles. The van der Waals surface area contributed by atoms with Crippen molar-refractivity contribution in [2.75, 3.05) is 11.9 Å². The number of ether oxygens (including phenoxy) is 1. The lowest BCUT2D eigenvalue weighted by Crippen LogP contribution is -2.44. The molecule has 1 fully saturated rings. The summed E-state index contributed by atoms with van der Waals surface area (Å²) in [6.07, 6.45) is 4.68. The lowest BCUT2D eigenvalue weighted by molar-refractivity contribution is -0.129. The number of carbonyl (C=O) groups is 2. The van der Waals surface area contributed by atoms with E-state index in [1.165, 1.54) is 24.6 Å². The predicted molar refractivity (Wildman–Crippen MR) is 156 cm³/mol. The number of amidine groups is 1.